The maximum absolute atomic E-state index is 11.8. The molecule has 0 bridgehead atoms. The third kappa shape index (κ3) is 3.83. The number of furan rings is 1. The van der Waals surface area contributed by atoms with Crippen molar-refractivity contribution in [3.8, 4) is 5.75 Å². The number of rotatable bonds is 4. The number of hydrogen-bond donors (Lipinski definition) is 2. The quantitative estimate of drug-likeness (QED) is 0.846. The third-order valence-electron chi connectivity index (χ3n) is 2.56. The van der Waals surface area contributed by atoms with Gasteiger partial charge in [-0.15, -0.1) is 0 Å². The van der Waals surface area contributed by atoms with Crippen molar-refractivity contribution in [3.05, 3.63) is 48.4 Å². The number of thiocarbonyl (C=S) groups is 1. The minimum atomic E-state index is -0.364. The van der Waals surface area contributed by atoms with E-state index >= 15 is 0 Å². The lowest BCUT2D eigenvalue weighted by molar-refractivity contribution is -0.110. The molecular formula is C14H14N2O3S. The van der Waals surface area contributed by atoms with Crippen LogP contribution in [0.2, 0.25) is 0 Å². The van der Waals surface area contributed by atoms with Crippen molar-refractivity contribution in [1.29, 1.82) is 0 Å². The molecule has 1 aromatic carbocycles. The lowest BCUT2D eigenvalue weighted by Gasteiger charge is -2.08. The van der Waals surface area contributed by atoms with Crippen LogP contribution in [0.3, 0.4) is 0 Å². The van der Waals surface area contributed by atoms with Crippen LogP contribution in [0.5, 0.6) is 5.75 Å². The zero-order chi connectivity index (χ0) is 14.4. The highest BCUT2D eigenvalue weighted by Crippen LogP contribution is 2.14. The molecule has 1 heterocycles. The molecule has 0 atom stereocenters. The van der Waals surface area contributed by atoms with Gasteiger partial charge in [-0.2, -0.15) is 0 Å². The summed E-state index contributed by atoms with van der Waals surface area (Å²) < 4.78 is 10.2. The number of hydrogen-bond acceptors (Lipinski definition) is 4. The van der Waals surface area contributed by atoms with E-state index in [0.29, 0.717) is 18.0 Å². The van der Waals surface area contributed by atoms with Gasteiger partial charge in [0.1, 0.15) is 11.5 Å². The van der Waals surface area contributed by atoms with Gasteiger partial charge in [-0.1, -0.05) is 12.2 Å². The maximum atomic E-state index is 11.8. The van der Waals surface area contributed by atoms with Crippen molar-refractivity contribution in [2.45, 2.75) is 6.54 Å². The topological polar surface area (TPSA) is 63.5 Å². The standard InChI is InChI=1S/C14H14N2O3S/c1-18-11-6-4-10(5-7-11)16-13(17)14(20)15-9-12-3-2-8-19-12/h2-8H,9H2,1H3,(H,15,20)(H,16,17). The molecule has 2 N–H and O–H groups in total. The highest BCUT2D eigenvalue weighted by molar-refractivity contribution is 7.82. The van der Waals surface area contributed by atoms with E-state index in [0.717, 1.165) is 5.75 Å². The fourth-order valence-corrected chi connectivity index (χ4v) is 1.65. The van der Waals surface area contributed by atoms with Crippen LogP contribution in [0.25, 0.3) is 0 Å². The van der Waals surface area contributed by atoms with Gasteiger partial charge in [0.05, 0.1) is 19.9 Å². The minimum Gasteiger partial charge on any atom is -0.497 e. The fraction of sp³-hybridized carbons (Fsp3) is 0.143. The molecule has 1 amide bonds. The molecule has 2 rings (SSSR count). The van der Waals surface area contributed by atoms with E-state index in [4.69, 9.17) is 21.4 Å². The van der Waals surface area contributed by atoms with E-state index < -0.39 is 0 Å². The molecule has 2 aromatic rings. The second kappa shape index (κ2) is 6.72. The van der Waals surface area contributed by atoms with Crippen molar-refractivity contribution < 1.29 is 13.9 Å². The summed E-state index contributed by atoms with van der Waals surface area (Å²) in [7, 11) is 1.58. The summed E-state index contributed by atoms with van der Waals surface area (Å²) in [4.78, 5) is 12.0. The average Bonchev–Trinajstić information content (AvgIpc) is 2.98. The van der Waals surface area contributed by atoms with Crippen LogP contribution in [0.15, 0.2) is 47.1 Å². The Kier molecular flexibility index (Phi) is 4.73. The van der Waals surface area contributed by atoms with E-state index in [9.17, 15) is 4.79 Å². The molecule has 0 aliphatic carbocycles. The molecule has 0 saturated heterocycles. The first-order valence-corrected chi connectivity index (χ1v) is 6.35. The predicted molar refractivity (Wildman–Crippen MR) is 79.8 cm³/mol. The lowest BCUT2D eigenvalue weighted by atomic mass is 10.3. The van der Waals surface area contributed by atoms with E-state index in [1.54, 1.807) is 49.8 Å². The molecule has 0 unspecified atom stereocenters. The van der Waals surface area contributed by atoms with Gasteiger partial charge in [-0.05, 0) is 36.4 Å². The zero-order valence-electron chi connectivity index (χ0n) is 10.9. The zero-order valence-corrected chi connectivity index (χ0v) is 11.7. The van der Waals surface area contributed by atoms with Gasteiger partial charge in [0, 0.05) is 5.69 Å². The second-order valence-electron chi connectivity index (χ2n) is 3.94. The van der Waals surface area contributed by atoms with E-state index in [1.165, 1.54) is 0 Å². The Labute approximate surface area is 121 Å². The number of carbonyl (C=O) groups excluding carboxylic acids is 1. The molecule has 0 radical (unpaired) electrons. The van der Waals surface area contributed by atoms with Gasteiger partial charge in [-0.3, -0.25) is 4.79 Å². The fourth-order valence-electron chi connectivity index (χ4n) is 1.52. The lowest BCUT2D eigenvalue weighted by Crippen LogP contribution is -2.33. The van der Waals surface area contributed by atoms with Crippen molar-refractivity contribution in [1.82, 2.24) is 5.32 Å². The smallest absolute Gasteiger partial charge is 0.283 e. The van der Waals surface area contributed by atoms with Crippen molar-refractivity contribution in [3.63, 3.8) is 0 Å². The van der Waals surface area contributed by atoms with E-state index in [2.05, 4.69) is 10.6 Å². The van der Waals surface area contributed by atoms with Crippen LogP contribution < -0.4 is 15.4 Å². The monoisotopic (exact) mass is 290 g/mol. The number of anilines is 1. The predicted octanol–water partition coefficient (Wildman–Crippen LogP) is 2.34. The third-order valence-corrected chi connectivity index (χ3v) is 2.89. The molecular weight excluding hydrogens is 276 g/mol. The Morgan fingerprint density at radius 2 is 2.05 bits per heavy atom. The van der Waals surface area contributed by atoms with Gasteiger partial charge in [-0.25, -0.2) is 0 Å². The summed E-state index contributed by atoms with van der Waals surface area (Å²) in [6.45, 7) is 0.377. The Morgan fingerprint density at radius 3 is 2.65 bits per heavy atom. The molecule has 0 fully saturated rings. The maximum Gasteiger partial charge on any atom is 0.283 e. The van der Waals surface area contributed by atoms with Crippen LogP contribution in [-0.4, -0.2) is 18.0 Å². The van der Waals surface area contributed by atoms with Crippen molar-refractivity contribution in [2.24, 2.45) is 0 Å². The number of amides is 1. The molecule has 0 aliphatic heterocycles. The van der Waals surface area contributed by atoms with E-state index in [-0.39, 0.29) is 10.9 Å². The molecule has 104 valence electrons. The van der Waals surface area contributed by atoms with Crippen LogP contribution >= 0.6 is 12.2 Å². The van der Waals surface area contributed by atoms with Crippen LogP contribution in [0.1, 0.15) is 5.76 Å². The summed E-state index contributed by atoms with van der Waals surface area (Å²) in [5.74, 6) is 1.07. The Bertz CT molecular complexity index is 579. The van der Waals surface area contributed by atoms with Crippen LogP contribution in [-0.2, 0) is 11.3 Å². The van der Waals surface area contributed by atoms with Crippen molar-refractivity contribution >= 4 is 28.8 Å². The summed E-state index contributed by atoms with van der Waals surface area (Å²) in [6, 6.07) is 10.6. The molecule has 0 spiro atoms. The first-order chi connectivity index (χ1) is 9.69. The van der Waals surface area contributed by atoms with Crippen LogP contribution in [0, 0.1) is 0 Å². The largest absolute Gasteiger partial charge is 0.497 e. The summed E-state index contributed by atoms with van der Waals surface area (Å²) in [5.41, 5.74) is 0.651. The number of nitrogens with one attached hydrogen (secondary N) is 2. The summed E-state index contributed by atoms with van der Waals surface area (Å²) >= 11 is 5.01. The number of benzene rings is 1. The van der Waals surface area contributed by atoms with Crippen LogP contribution in [0.4, 0.5) is 5.69 Å². The van der Waals surface area contributed by atoms with Crippen molar-refractivity contribution in [2.75, 3.05) is 12.4 Å². The summed E-state index contributed by atoms with van der Waals surface area (Å²) in [5, 5.41) is 5.52. The van der Waals surface area contributed by atoms with Gasteiger partial charge < -0.3 is 19.8 Å². The van der Waals surface area contributed by atoms with Gasteiger partial charge in [0.2, 0.25) is 0 Å². The highest BCUT2D eigenvalue weighted by Gasteiger charge is 2.09. The number of methoxy groups -OCH3 is 1. The Balaban J connectivity index is 1.85. The van der Waals surface area contributed by atoms with Gasteiger partial charge in [0.25, 0.3) is 5.91 Å². The van der Waals surface area contributed by atoms with E-state index in [1.807, 2.05) is 0 Å². The molecule has 6 heteroatoms. The minimum absolute atomic E-state index is 0.109. The SMILES string of the molecule is COc1ccc(NC(=O)C(=S)NCc2ccco2)cc1. The first kappa shape index (κ1) is 14.1. The molecule has 1 aromatic heterocycles. The first-order valence-electron chi connectivity index (χ1n) is 5.94. The number of ether oxygens (including phenoxy) is 1. The molecule has 5 nitrogen and oxygen atoms in total. The summed E-state index contributed by atoms with van der Waals surface area (Å²) in [6.07, 6.45) is 1.57. The average molecular weight is 290 g/mol. The Morgan fingerprint density at radius 1 is 1.30 bits per heavy atom. The molecule has 20 heavy (non-hydrogen) atoms. The van der Waals surface area contributed by atoms with Gasteiger partial charge >= 0.3 is 0 Å². The molecule has 0 aliphatic rings. The Hall–Kier alpha value is -2.34. The normalized spacial score (nSPS) is 9.85. The van der Waals surface area contributed by atoms with Gasteiger partial charge in [0.15, 0.2) is 4.99 Å². The highest BCUT2D eigenvalue weighted by atomic mass is 32.1. The number of carbonyl (C=O) groups is 1. The second-order valence-corrected chi connectivity index (χ2v) is 4.35. The molecule has 0 saturated carbocycles.